The first kappa shape index (κ1) is 18.9. The normalized spacial score (nSPS) is 13.0. The van der Waals surface area contributed by atoms with Crippen molar-refractivity contribution >= 4 is 34.0 Å². The molecule has 1 aromatic carbocycles. The highest BCUT2D eigenvalue weighted by Crippen LogP contribution is 2.21. The summed E-state index contributed by atoms with van der Waals surface area (Å²) in [6.07, 6.45) is 0.840. The minimum atomic E-state index is -0.614. The van der Waals surface area contributed by atoms with Crippen molar-refractivity contribution in [2.75, 3.05) is 5.32 Å². The minimum Gasteiger partial charge on any atom is -0.352 e. The molecule has 6 nitrogen and oxygen atoms in total. The maximum absolute atomic E-state index is 12.3. The lowest BCUT2D eigenvalue weighted by Crippen LogP contribution is -2.47. The van der Waals surface area contributed by atoms with E-state index in [0.717, 1.165) is 17.7 Å². The van der Waals surface area contributed by atoms with Crippen molar-refractivity contribution in [3.63, 3.8) is 0 Å². The summed E-state index contributed by atoms with van der Waals surface area (Å²) in [5, 5.41) is 11.0. The largest absolute Gasteiger partial charge is 0.352 e. The molecule has 7 heteroatoms. The number of nitrogens with one attached hydrogen (secondary N) is 3. The van der Waals surface area contributed by atoms with Crippen molar-refractivity contribution in [2.45, 2.75) is 46.2 Å². The van der Waals surface area contributed by atoms with Gasteiger partial charge in [-0.1, -0.05) is 19.1 Å². The molecule has 0 aliphatic carbocycles. The third-order valence-corrected chi connectivity index (χ3v) is 4.51. The highest BCUT2D eigenvalue weighted by Gasteiger charge is 2.19. The Morgan fingerprint density at radius 2 is 2.00 bits per heavy atom. The van der Waals surface area contributed by atoms with E-state index < -0.39 is 6.04 Å². The molecule has 2 amide bonds. The second-order valence-electron chi connectivity index (χ2n) is 6.05. The Morgan fingerprint density at radius 1 is 1.24 bits per heavy atom. The van der Waals surface area contributed by atoms with Crippen LogP contribution in [0.2, 0.25) is 0 Å². The first-order chi connectivity index (χ1) is 11.9. The van der Waals surface area contributed by atoms with E-state index >= 15 is 0 Å². The fraction of sp³-hybridized carbons (Fsp3) is 0.389. The average Bonchev–Trinajstić information content (AvgIpc) is 3.03. The molecule has 0 fully saturated rings. The molecule has 134 valence electrons. The molecule has 1 heterocycles. The molecule has 2 rings (SSSR count). The van der Waals surface area contributed by atoms with Crippen LogP contribution in [-0.2, 0) is 4.79 Å². The van der Waals surface area contributed by atoms with Gasteiger partial charge in [-0.15, -0.1) is 11.3 Å². The number of thiazole rings is 1. The third kappa shape index (κ3) is 5.56. The Balaban J connectivity index is 1.94. The summed E-state index contributed by atoms with van der Waals surface area (Å²) in [6, 6.07) is 7.37. The second kappa shape index (κ2) is 8.62. The molecule has 0 saturated carbocycles. The quantitative estimate of drug-likeness (QED) is 0.708. The van der Waals surface area contributed by atoms with Crippen LogP contribution in [0.3, 0.4) is 0 Å². The number of hydrogen-bond acceptors (Lipinski definition) is 5. The second-order valence-corrected chi connectivity index (χ2v) is 6.90. The van der Waals surface area contributed by atoms with Crippen LogP contribution in [0.25, 0.3) is 0 Å². The molecule has 0 saturated heterocycles. The highest BCUT2D eigenvalue weighted by molar-refractivity contribution is 7.14. The first-order valence-corrected chi connectivity index (χ1v) is 9.17. The van der Waals surface area contributed by atoms with E-state index in [0.29, 0.717) is 10.8 Å². The van der Waals surface area contributed by atoms with Gasteiger partial charge < -0.3 is 16.0 Å². The molecule has 0 aliphatic rings. The van der Waals surface area contributed by atoms with E-state index in [2.05, 4.69) is 20.9 Å². The molecule has 3 N–H and O–H groups in total. The van der Waals surface area contributed by atoms with Crippen LogP contribution in [0.5, 0.6) is 0 Å². The van der Waals surface area contributed by atoms with E-state index in [1.165, 1.54) is 11.3 Å². The maximum atomic E-state index is 12.3. The molecule has 0 spiro atoms. The fourth-order valence-corrected chi connectivity index (χ4v) is 2.80. The van der Waals surface area contributed by atoms with E-state index in [1.807, 2.05) is 45.0 Å². The lowest BCUT2D eigenvalue weighted by atomic mass is 10.2. The number of aromatic nitrogens is 1. The summed E-state index contributed by atoms with van der Waals surface area (Å²) in [7, 11) is 0. The van der Waals surface area contributed by atoms with Crippen LogP contribution in [0.1, 0.15) is 43.2 Å². The van der Waals surface area contributed by atoms with Crippen LogP contribution in [0.15, 0.2) is 29.6 Å². The number of carbonyl (C=O) groups excluding carboxylic acids is 2. The summed E-state index contributed by atoms with van der Waals surface area (Å²) in [6.45, 7) is 7.59. The zero-order valence-corrected chi connectivity index (χ0v) is 15.7. The average molecular weight is 360 g/mol. The van der Waals surface area contributed by atoms with Crippen molar-refractivity contribution in [3.05, 3.63) is 40.9 Å². The predicted molar refractivity (Wildman–Crippen MR) is 101 cm³/mol. The van der Waals surface area contributed by atoms with Crippen LogP contribution in [0, 0.1) is 6.92 Å². The van der Waals surface area contributed by atoms with Gasteiger partial charge >= 0.3 is 0 Å². The standard InChI is InChI=1S/C18H24N4O2S/c1-5-12(3)19-16(23)13(4)20-17(24)15-10-25-18(22-15)21-14-8-6-7-11(2)9-14/h6-10,12-13H,5H2,1-4H3,(H,19,23)(H,20,24)(H,21,22). The van der Waals surface area contributed by atoms with E-state index in [9.17, 15) is 9.59 Å². The van der Waals surface area contributed by atoms with Gasteiger partial charge in [0.1, 0.15) is 11.7 Å². The smallest absolute Gasteiger partial charge is 0.271 e. The molecule has 1 aromatic heterocycles. The summed E-state index contributed by atoms with van der Waals surface area (Å²) >= 11 is 1.34. The summed E-state index contributed by atoms with van der Waals surface area (Å²) in [5.74, 6) is -0.559. The number of benzene rings is 1. The van der Waals surface area contributed by atoms with Gasteiger partial charge in [0.2, 0.25) is 5.91 Å². The van der Waals surface area contributed by atoms with Gasteiger partial charge in [0.05, 0.1) is 0 Å². The van der Waals surface area contributed by atoms with Crippen LogP contribution in [0.4, 0.5) is 10.8 Å². The maximum Gasteiger partial charge on any atom is 0.271 e. The SMILES string of the molecule is CCC(C)NC(=O)C(C)NC(=O)c1csc(Nc2cccc(C)c2)n1. The van der Waals surface area contributed by atoms with Crippen LogP contribution in [-0.4, -0.2) is 28.9 Å². The van der Waals surface area contributed by atoms with Gasteiger partial charge in [-0.05, 0) is 44.9 Å². The number of anilines is 2. The number of rotatable bonds is 7. The molecular weight excluding hydrogens is 336 g/mol. The molecule has 0 aliphatic heterocycles. The Bertz CT molecular complexity index is 744. The number of aryl methyl sites for hydroxylation is 1. The molecule has 2 atom stereocenters. The number of amides is 2. The fourth-order valence-electron chi connectivity index (χ4n) is 2.09. The summed E-state index contributed by atoms with van der Waals surface area (Å²) in [5.41, 5.74) is 2.35. The van der Waals surface area contributed by atoms with Gasteiger partial charge in [0, 0.05) is 17.1 Å². The molecule has 25 heavy (non-hydrogen) atoms. The van der Waals surface area contributed by atoms with Gasteiger partial charge in [-0.25, -0.2) is 4.98 Å². The van der Waals surface area contributed by atoms with Crippen molar-refractivity contribution in [1.29, 1.82) is 0 Å². The van der Waals surface area contributed by atoms with Gasteiger partial charge in [-0.2, -0.15) is 0 Å². The Labute approximate surface area is 152 Å². The van der Waals surface area contributed by atoms with E-state index in [-0.39, 0.29) is 17.9 Å². The van der Waals surface area contributed by atoms with Crippen molar-refractivity contribution in [3.8, 4) is 0 Å². The zero-order chi connectivity index (χ0) is 18.4. The third-order valence-electron chi connectivity index (χ3n) is 3.75. The van der Waals surface area contributed by atoms with Gasteiger partial charge in [0.25, 0.3) is 5.91 Å². The molecule has 2 unspecified atom stereocenters. The molecular formula is C18H24N4O2S. The van der Waals surface area contributed by atoms with Crippen LogP contribution >= 0.6 is 11.3 Å². The molecule has 0 bridgehead atoms. The van der Waals surface area contributed by atoms with Crippen molar-refractivity contribution in [2.24, 2.45) is 0 Å². The Kier molecular flexibility index (Phi) is 6.52. The molecule has 2 aromatic rings. The highest BCUT2D eigenvalue weighted by atomic mass is 32.1. The van der Waals surface area contributed by atoms with Crippen molar-refractivity contribution in [1.82, 2.24) is 15.6 Å². The Morgan fingerprint density at radius 3 is 2.68 bits per heavy atom. The van der Waals surface area contributed by atoms with Crippen molar-refractivity contribution < 1.29 is 9.59 Å². The lowest BCUT2D eigenvalue weighted by Gasteiger charge is -2.16. The topological polar surface area (TPSA) is 83.1 Å². The van der Waals surface area contributed by atoms with Gasteiger partial charge in [-0.3, -0.25) is 9.59 Å². The predicted octanol–water partition coefficient (Wildman–Crippen LogP) is 3.23. The van der Waals surface area contributed by atoms with E-state index in [4.69, 9.17) is 0 Å². The van der Waals surface area contributed by atoms with Crippen LogP contribution < -0.4 is 16.0 Å². The van der Waals surface area contributed by atoms with E-state index in [1.54, 1.807) is 12.3 Å². The Hall–Kier alpha value is -2.41. The van der Waals surface area contributed by atoms with Gasteiger partial charge in [0.15, 0.2) is 5.13 Å². The summed E-state index contributed by atoms with van der Waals surface area (Å²) in [4.78, 5) is 28.5. The summed E-state index contributed by atoms with van der Waals surface area (Å²) < 4.78 is 0. The number of carbonyl (C=O) groups is 2. The lowest BCUT2D eigenvalue weighted by molar-refractivity contribution is -0.123. The molecule has 0 radical (unpaired) electrons. The number of nitrogens with zero attached hydrogens (tertiary/aromatic N) is 1. The number of hydrogen-bond donors (Lipinski definition) is 3. The minimum absolute atomic E-state index is 0.0799. The zero-order valence-electron chi connectivity index (χ0n) is 14.9. The monoisotopic (exact) mass is 360 g/mol. The first-order valence-electron chi connectivity index (χ1n) is 8.29.